The predicted molar refractivity (Wildman–Crippen MR) is 58.2 cm³/mol. The highest BCUT2D eigenvalue weighted by Gasteiger charge is 2.15. The highest BCUT2D eigenvalue weighted by atomic mass is 16.3. The Hall–Kier alpha value is -0.160. The van der Waals surface area contributed by atoms with E-state index in [0.29, 0.717) is 0 Å². The molecule has 0 aromatic heterocycles. The van der Waals surface area contributed by atoms with Gasteiger partial charge in [0.05, 0.1) is 6.10 Å². The van der Waals surface area contributed by atoms with Crippen LogP contribution in [0, 0.1) is 0 Å². The average molecular weight is 201 g/mol. The summed E-state index contributed by atoms with van der Waals surface area (Å²) in [5.74, 6) is 0. The number of piperazine rings is 1. The third kappa shape index (κ3) is 4.37. The van der Waals surface area contributed by atoms with Crippen molar-refractivity contribution in [1.82, 2.24) is 9.80 Å². The molecule has 0 spiro atoms. The lowest BCUT2D eigenvalue weighted by atomic mass is 10.2. The second kappa shape index (κ2) is 6.35. The Bertz CT molecular complexity index is 144. The van der Waals surface area contributed by atoms with Gasteiger partial charge in [-0.3, -0.25) is 4.90 Å². The summed E-state index contributed by atoms with van der Waals surface area (Å²) < 4.78 is 0. The monoisotopic (exact) mass is 201 g/mol. The van der Waals surface area contributed by atoms with Gasteiger partial charge in [-0.2, -0.15) is 0 Å². The zero-order valence-corrected chi connectivity index (χ0v) is 9.15. The smallest absolute Gasteiger partial charge is 0.0524 e. The van der Waals surface area contributed by atoms with Gasteiger partial charge in [0.25, 0.3) is 0 Å². The number of nitrogens with zero attached hydrogens (tertiary/aromatic N) is 2. The molecular weight excluding hydrogens is 178 g/mol. The quantitative estimate of drug-likeness (QED) is 0.620. The fourth-order valence-electron chi connectivity index (χ4n) is 1.79. The second-order valence-electron chi connectivity index (χ2n) is 4.11. The van der Waals surface area contributed by atoms with Gasteiger partial charge in [0.1, 0.15) is 0 Å². The van der Waals surface area contributed by atoms with Crippen molar-refractivity contribution in [2.45, 2.75) is 19.4 Å². The number of hydrogen-bond acceptors (Lipinski definition) is 4. The zero-order chi connectivity index (χ0) is 10.4. The first kappa shape index (κ1) is 11.9. The van der Waals surface area contributed by atoms with Crippen molar-refractivity contribution in [1.29, 1.82) is 0 Å². The molecule has 4 nitrogen and oxygen atoms in total. The lowest BCUT2D eigenvalue weighted by Crippen LogP contribution is -2.48. The van der Waals surface area contributed by atoms with Crippen molar-refractivity contribution in [3.8, 4) is 0 Å². The molecule has 84 valence electrons. The summed E-state index contributed by atoms with van der Waals surface area (Å²) in [7, 11) is 0. The van der Waals surface area contributed by atoms with Crippen LogP contribution in [0.5, 0.6) is 0 Å². The minimum atomic E-state index is -0.169. The summed E-state index contributed by atoms with van der Waals surface area (Å²) in [6.45, 7) is 9.13. The number of nitrogens with two attached hydrogens (primary N) is 1. The van der Waals surface area contributed by atoms with Crippen LogP contribution in [0.4, 0.5) is 0 Å². The summed E-state index contributed by atoms with van der Waals surface area (Å²) >= 11 is 0. The van der Waals surface area contributed by atoms with Gasteiger partial charge in [-0.1, -0.05) is 0 Å². The van der Waals surface area contributed by atoms with E-state index in [2.05, 4.69) is 9.80 Å². The van der Waals surface area contributed by atoms with Crippen LogP contribution in [0.1, 0.15) is 13.3 Å². The van der Waals surface area contributed by atoms with Crippen LogP contribution >= 0.6 is 0 Å². The molecule has 1 atom stereocenters. The van der Waals surface area contributed by atoms with Crippen LogP contribution in [0.2, 0.25) is 0 Å². The molecule has 4 heteroatoms. The molecule has 0 amide bonds. The normalized spacial score (nSPS) is 22.5. The summed E-state index contributed by atoms with van der Waals surface area (Å²) in [6, 6.07) is 0. The van der Waals surface area contributed by atoms with Gasteiger partial charge >= 0.3 is 0 Å². The fraction of sp³-hybridized carbons (Fsp3) is 1.00. The Labute approximate surface area is 86.7 Å². The minimum absolute atomic E-state index is 0.169. The van der Waals surface area contributed by atoms with Crippen LogP contribution in [-0.4, -0.2) is 66.8 Å². The largest absolute Gasteiger partial charge is 0.393 e. The van der Waals surface area contributed by atoms with E-state index in [1.165, 1.54) is 0 Å². The molecule has 0 aromatic carbocycles. The van der Waals surface area contributed by atoms with E-state index in [-0.39, 0.29) is 6.10 Å². The number of rotatable bonds is 5. The third-order valence-corrected chi connectivity index (χ3v) is 2.77. The van der Waals surface area contributed by atoms with Crippen molar-refractivity contribution >= 4 is 0 Å². The summed E-state index contributed by atoms with van der Waals surface area (Å²) in [5.41, 5.74) is 5.50. The van der Waals surface area contributed by atoms with Gasteiger partial charge in [-0.25, -0.2) is 0 Å². The Morgan fingerprint density at radius 1 is 1.14 bits per heavy atom. The molecule has 14 heavy (non-hydrogen) atoms. The van der Waals surface area contributed by atoms with E-state index < -0.39 is 0 Å². The van der Waals surface area contributed by atoms with Crippen molar-refractivity contribution in [2.24, 2.45) is 5.73 Å². The lowest BCUT2D eigenvalue weighted by molar-refractivity contribution is 0.110. The topological polar surface area (TPSA) is 52.7 Å². The third-order valence-electron chi connectivity index (χ3n) is 2.77. The molecule has 0 saturated carbocycles. The van der Waals surface area contributed by atoms with E-state index >= 15 is 0 Å². The second-order valence-corrected chi connectivity index (χ2v) is 4.11. The van der Waals surface area contributed by atoms with E-state index in [1.54, 1.807) is 0 Å². The SMILES string of the molecule is CC(O)CCN1CCN(CCN)CC1. The van der Waals surface area contributed by atoms with Crippen molar-refractivity contribution in [3.05, 3.63) is 0 Å². The molecule has 0 aromatic rings. The average Bonchev–Trinajstić information content (AvgIpc) is 2.17. The van der Waals surface area contributed by atoms with Crippen LogP contribution in [0.3, 0.4) is 0 Å². The van der Waals surface area contributed by atoms with Gasteiger partial charge in [-0.15, -0.1) is 0 Å². The number of aliphatic hydroxyl groups excluding tert-OH is 1. The molecule has 0 radical (unpaired) electrons. The predicted octanol–water partition coefficient (Wildman–Crippen LogP) is -0.666. The Balaban J connectivity index is 2.09. The van der Waals surface area contributed by atoms with Crippen LogP contribution in [-0.2, 0) is 0 Å². The van der Waals surface area contributed by atoms with Gasteiger partial charge in [-0.05, 0) is 13.3 Å². The first-order chi connectivity index (χ1) is 6.72. The van der Waals surface area contributed by atoms with Crippen LogP contribution < -0.4 is 5.73 Å². The maximum atomic E-state index is 9.17. The van der Waals surface area contributed by atoms with Gasteiger partial charge in [0.15, 0.2) is 0 Å². The molecule has 1 heterocycles. The summed E-state index contributed by atoms with van der Waals surface area (Å²) in [4.78, 5) is 4.82. The molecule has 1 rings (SSSR count). The lowest BCUT2D eigenvalue weighted by Gasteiger charge is -2.34. The van der Waals surface area contributed by atoms with Gasteiger partial charge in [0, 0.05) is 45.8 Å². The molecule has 1 unspecified atom stereocenters. The van der Waals surface area contributed by atoms with Gasteiger partial charge in [0.2, 0.25) is 0 Å². The molecule has 1 aliphatic heterocycles. The number of aliphatic hydroxyl groups is 1. The van der Waals surface area contributed by atoms with Gasteiger partial charge < -0.3 is 15.7 Å². The van der Waals surface area contributed by atoms with E-state index in [4.69, 9.17) is 10.8 Å². The van der Waals surface area contributed by atoms with Crippen LogP contribution in [0.25, 0.3) is 0 Å². The summed E-state index contributed by atoms with van der Waals surface area (Å²) in [6.07, 6.45) is 0.716. The molecular formula is C10H23N3O. The van der Waals surface area contributed by atoms with Crippen molar-refractivity contribution in [2.75, 3.05) is 45.8 Å². The van der Waals surface area contributed by atoms with Crippen molar-refractivity contribution < 1.29 is 5.11 Å². The zero-order valence-electron chi connectivity index (χ0n) is 9.15. The van der Waals surface area contributed by atoms with E-state index in [0.717, 1.165) is 52.2 Å². The molecule has 1 saturated heterocycles. The molecule has 0 aliphatic carbocycles. The van der Waals surface area contributed by atoms with Crippen LogP contribution in [0.15, 0.2) is 0 Å². The molecule has 0 bridgehead atoms. The first-order valence-corrected chi connectivity index (χ1v) is 5.55. The highest BCUT2D eigenvalue weighted by molar-refractivity contribution is 4.72. The van der Waals surface area contributed by atoms with E-state index in [1.807, 2.05) is 6.92 Å². The molecule has 3 N–H and O–H groups in total. The standard InChI is InChI=1S/C10H23N3O/c1-10(14)2-4-12-6-8-13(5-3-11)9-7-12/h10,14H,2-9,11H2,1H3. The summed E-state index contributed by atoms with van der Waals surface area (Å²) in [5, 5.41) is 9.17. The number of hydrogen-bond donors (Lipinski definition) is 2. The Morgan fingerprint density at radius 2 is 1.64 bits per heavy atom. The van der Waals surface area contributed by atoms with Crippen molar-refractivity contribution in [3.63, 3.8) is 0 Å². The fourth-order valence-corrected chi connectivity index (χ4v) is 1.79. The molecule has 1 aliphatic rings. The Morgan fingerprint density at radius 3 is 2.07 bits per heavy atom. The maximum Gasteiger partial charge on any atom is 0.0524 e. The Kier molecular flexibility index (Phi) is 5.40. The highest BCUT2D eigenvalue weighted by Crippen LogP contribution is 2.02. The molecule has 1 fully saturated rings. The first-order valence-electron chi connectivity index (χ1n) is 5.55. The van der Waals surface area contributed by atoms with E-state index in [9.17, 15) is 0 Å². The maximum absolute atomic E-state index is 9.17. The minimum Gasteiger partial charge on any atom is -0.393 e.